The van der Waals surface area contributed by atoms with Crippen molar-refractivity contribution < 1.29 is 5.11 Å². The van der Waals surface area contributed by atoms with Crippen LogP contribution in [0, 0.1) is 17.8 Å². The molecule has 0 aromatic carbocycles. The summed E-state index contributed by atoms with van der Waals surface area (Å²) in [6, 6.07) is 0.539. The van der Waals surface area contributed by atoms with Crippen LogP contribution in [0.5, 0.6) is 0 Å². The Bertz CT molecular complexity index is 233. The van der Waals surface area contributed by atoms with Crippen LogP contribution in [0.25, 0.3) is 0 Å². The minimum atomic E-state index is -0.406. The van der Waals surface area contributed by atoms with E-state index in [2.05, 4.69) is 32.7 Å². The summed E-state index contributed by atoms with van der Waals surface area (Å²) in [6.45, 7) is 7.79. The minimum Gasteiger partial charge on any atom is -0.388 e. The first-order chi connectivity index (χ1) is 7.40. The molecule has 0 aromatic rings. The summed E-state index contributed by atoms with van der Waals surface area (Å²) in [6.07, 6.45) is 4.76. The van der Waals surface area contributed by atoms with Crippen molar-refractivity contribution in [2.24, 2.45) is 17.8 Å². The lowest BCUT2D eigenvalue weighted by Crippen LogP contribution is -2.43. The predicted octanol–water partition coefficient (Wildman–Crippen LogP) is 2.51. The third-order valence-corrected chi connectivity index (χ3v) is 4.86. The van der Waals surface area contributed by atoms with E-state index >= 15 is 0 Å². The van der Waals surface area contributed by atoms with E-state index in [9.17, 15) is 5.11 Å². The molecule has 1 N–H and O–H groups in total. The van der Waals surface area contributed by atoms with Crippen LogP contribution in [0.3, 0.4) is 0 Å². The van der Waals surface area contributed by atoms with Crippen molar-refractivity contribution in [2.75, 3.05) is 13.6 Å². The van der Waals surface area contributed by atoms with E-state index in [0.29, 0.717) is 12.0 Å². The zero-order valence-electron chi connectivity index (χ0n) is 11.2. The lowest BCUT2D eigenvalue weighted by atomic mass is 9.69. The van der Waals surface area contributed by atoms with Crippen molar-refractivity contribution in [3.63, 3.8) is 0 Å². The smallest absolute Gasteiger partial charge is 0.0817 e. The molecule has 16 heavy (non-hydrogen) atoms. The SMILES string of the molecule is CC1CC(C)CC(C2(O)CC(C)N(C)C2)C1. The number of rotatable bonds is 1. The summed E-state index contributed by atoms with van der Waals surface area (Å²) in [5, 5.41) is 10.9. The van der Waals surface area contributed by atoms with Gasteiger partial charge in [-0.1, -0.05) is 13.8 Å². The topological polar surface area (TPSA) is 23.5 Å². The monoisotopic (exact) mass is 225 g/mol. The Kier molecular flexibility index (Phi) is 3.33. The molecule has 1 saturated carbocycles. The molecule has 2 nitrogen and oxygen atoms in total. The summed E-state index contributed by atoms with van der Waals surface area (Å²) in [4.78, 5) is 2.31. The first-order valence-electron chi connectivity index (χ1n) is 6.83. The fraction of sp³-hybridized carbons (Fsp3) is 1.00. The Morgan fingerprint density at radius 2 is 1.62 bits per heavy atom. The van der Waals surface area contributed by atoms with Gasteiger partial charge in [0, 0.05) is 12.6 Å². The van der Waals surface area contributed by atoms with Crippen LogP contribution >= 0.6 is 0 Å². The van der Waals surface area contributed by atoms with Crippen LogP contribution in [0.2, 0.25) is 0 Å². The van der Waals surface area contributed by atoms with E-state index < -0.39 is 5.60 Å². The zero-order valence-corrected chi connectivity index (χ0v) is 11.2. The van der Waals surface area contributed by atoms with Gasteiger partial charge in [0.2, 0.25) is 0 Å². The molecule has 2 rings (SSSR count). The van der Waals surface area contributed by atoms with E-state index in [0.717, 1.165) is 24.8 Å². The van der Waals surface area contributed by atoms with Crippen molar-refractivity contribution in [2.45, 2.75) is 58.1 Å². The Hall–Kier alpha value is -0.0800. The van der Waals surface area contributed by atoms with Gasteiger partial charge in [-0.3, -0.25) is 0 Å². The van der Waals surface area contributed by atoms with Crippen molar-refractivity contribution in [1.82, 2.24) is 4.90 Å². The highest BCUT2D eigenvalue weighted by atomic mass is 16.3. The van der Waals surface area contributed by atoms with Gasteiger partial charge in [0.1, 0.15) is 0 Å². The first kappa shape index (κ1) is 12.4. The van der Waals surface area contributed by atoms with Gasteiger partial charge in [0.05, 0.1) is 5.60 Å². The molecule has 2 heteroatoms. The van der Waals surface area contributed by atoms with Crippen molar-refractivity contribution >= 4 is 0 Å². The molecule has 4 atom stereocenters. The lowest BCUT2D eigenvalue weighted by molar-refractivity contribution is -0.0386. The van der Waals surface area contributed by atoms with Gasteiger partial charge >= 0.3 is 0 Å². The van der Waals surface area contributed by atoms with Crippen molar-refractivity contribution in [3.05, 3.63) is 0 Å². The summed E-state index contributed by atoms with van der Waals surface area (Å²) in [5.41, 5.74) is -0.406. The van der Waals surface area contributed by atoms with Crippen LogP contribution in [-0.4, -0.2) is 35.2 Å². The average molecular weight is 225 g/mol. The fourth-order valence-corrected chi connectivity index (χ4v) is 4.00. The van der Waals surface area contributed by atoms with Crippen molar-refractivity contribution in [3.8, 4) is 0 Å². The first-order valence-corrected chi connectivity index (χ1v) is 6.83. The van der Waals surface area contributed by atoms with Crippen molar-refractivity contribution in [1.29, 1.82) is 0 Å². The maximum Gasteiger partial charge on any atom is 0.0817 e. The molecule has 1 aliphatic heterocycles. The third kappa shape index (κ3) is 2.28. The fourth-order valence-electron chi connectivity index (χ4n) is 4.00. The molecular weight excluding hydrogens is 198 g/mol. The molecule has 4 unspecified atom stereocenters. The van der Waals surface area contributed by atoms with Crippen LogP contribution in [0.4, 0.5) is 0 Å². The maximum absolute atomic E-state index is 10.9. The van der Waals surface area contributed by atoms with Gasteiger partial charge in [0.15, 0.2) is 0 Å². The molecule has 94 valence electrons. The highest BCUT2D eigenvalue weighted by Crippen LogP contribution is 2.43. The predicted molar refractivity (Wildman–Crippen MR) is 67.3 cm³/mol. The molecule has 0 bridgehead atoms. The number of hydrogen-bond donors (Lipinski definition) is 1. The number of likely N-dealkylation sites (N-methyl/N-ethyl adjacent to an activating group) is 1. The number of hydrogen-bond acceptors (Lipinski definition) is 2. The van der Waals surface area contributed by atoms with Crippen LogP contribution in [-0.2, 0) is 0 Å². The number of likely N-dealkylation sites (tertiary alicyclic amines) is 1. The number of β-amino-alcohol motifs (C(OH)–C–C–N with tert-alkyl or cyclic N) is 1. The lowest BCUT2D eigenvalue weighted by Gasteiger charge is -2.40. The third-order valence-electron chi connectivity index (χ3n) is 4.86. The largest absolute Gasteiger partial charge is 0.388 e. The second-order valence-corrected chi connectivity index (χ2v) is 6.69. The quantitative estimate of drug-likeness (QED) is 0.741. The second-order valence-electron chi connectivity index (χ2n) is 6.69. The zero-order chi connectivity index (χ0) is 11.9. The van der Waals surface area contributed by atoms with E-state index in [1.54, 1.807) is 0 Å². The molecule has 0 spiro atoms. The molecule has 0 aromatic heterocycles. The van der Waals surface area contributed by atoms with E-state index in [4.69, 9.17) is 0 Å². The summed E-state index contributed by atoms with van der Waals surface area (Å²) < 4.78 is 0. The van der Waals surface area contributed by atoms with Crippen LogP contribution in [0.1, 0.15) is 46.5 Å². The normalized spacial score (nSPS) is 50.8. The Morgan fingerprint density at radius 1 is 1.06 bits per heavy atom. The molecule has 0 amide bonds. The molecule has 2 fully saturated rings. The Balaban J connectivity index is 2.06. The molecular formula is C14H27NO. The van der Waals surface area contributed by atoms with Gasteiger partial charge in [-0.25, -0.2) is 0 Å². The summed E-state index contributed by atoms with van der Waals surface area (Å²) in [7, 11) is 2.14. The number of nitrogens with zero attached hydrogens (tertiary/aromatic N) is 1. The average Bonchev–Trinajstić information content (AvgIpc) is 2.40. The van der Waals surface area contributed by atoms with Gasteiger partial charge in [-0.05, 0) is 57.4 Å². The van der Waals surface area contributed by atoms with E-state index in [1.165, 1.54) is 19.3 Å². The van der Waals surface area contributed by atoms with Crippen LogP contribution in [0.15, 0.2) is 0 Å². The van der Waals surface area contributed by atoms with Gasteiger partial charge < -0.3 is 10.0 Å². The van der Waals surface area contributed by atoms with E-state index in [-0.39, 0.29) is 0 Å². The van der Waals surface area contributed by atoms with Gasteiger partial charge in [-0.15, -0.1) is 0 Å². The number of aliphatic hydroxyl groups is 1. The Labute approximate surface area is 100 Å². The Morgan fingerprint density at radius 3 is 2.06 bits per heavy atom. The molecule has 0 radical (unpaired) electrons. The molecule has 1 aliphatic carbocycles. The van der Waals surface area contributed by atoms with Gasteiger partial charge in [0.25, 0.3) is 0 Å². The standard InChI is InChI=1S/C14H27NO/c1-10-5-11(2)7-13(6-10)14(16)8-12(3)15(4)9-14/h10-13,16H,5-9H2,1-4H3. The molecule has 1 heterocycles. The van der Waals surface area contributed by atoms with Gasteiger partial charge in [-0.2, -0.15) is 0 Å². The molecule has 1 saturated heterocycles. The maximum atomic E-state index is 10.9. The van der Waals surface area contributed by atoms with Crippen LogP contribution < -0.4 is 0 Å². The highest BCUT2D eigenvalue weighted by Gasteiger charge is 2.46. The van der Waals surface area contributed by atoms with E-state index in [1.807, 2.05) is 0 Å². The minimum absolute atomic E-state index is 0.406. The second kappa shape index (κ2) is 4.30. The summed E-state index contributed by atoms with van der Waals surface area (Å²) >= 11 is 0. The highest BCUT2D eigenvalue weighted by molar-refractivity contribution is 4.99. The summed E-state index contributed by atoms with van der Waals surface area (Å²) in [5.74, 6) is 2.11. The molecule has 2 aliphatic rings.